The third kappa shape index (κ3) is 3.73. The highest BCUT2D eigenvalue weighted by atomic mass is 15.3. The van der Waals surface area contributed by atoms with Crippen molar-refractivity contribution < 1.29 is 0 Å². The molecule has 7 nitrogen and oxygen atoms in total. The highest BCUT2D eigenvalue weighted by molar-refractivity contribution is 5.55. The van der Waals surface area contributed by atoms with Gasteiger partial charge in [0.25, 0.3) is 0 Å². The molecule has 0 spiro atoms. The zero-order valence-corrected chi connectivity index (χ0v) is 13.1. The van der Waals surface area contributed by atoms with Crippen LogP contribution in [0.4, 0.5) is 17.5 Å². The van der Waals surface area contributed by atoms with Crippen LogP contribution in [-0.4, -0.2) is 52.8 Å². The van der Waals surface area contributed by atoms with E-state index in [0.29, 0.717) is 11.5 Å². The van der Waals surface area contributed by atoms with Crippen LogP contribution in [0.2, 0.25) is 0 Å². The van der Waals surface area contributed by atoms with E-state index in [4.69, 9.17) is 5.26 Å². The Hall–Kier alpha value is -2.72. The molecule has 1 aliphatic heterocycles. The molecule has 7 heteroatoms. The molecule has 1 N–H and O–H groups in total. The van der Waals surface area contributed by atoms with E-state index in [9.17, 15) is 0 Å². The highest BCUT2D eigenvalue weighted by Crippen LogP contribution is 2.17. The van der Waals surface area contributed by atoms with Gasteiger partial charge in [0.15, 0.2) is 5.82 Å². The van der Waals surface area contributed by atoms with Gasteiger partial charge in [-0.2, -0.15) is 15.3 Å². The van der Waals surface area contributed by atoms with Gasteiger partial charge in [-0.3, -0.25) is 0 Å². The summed E-state index contributed by atoms with van der Waals surface area (Å²) in [6.45, 7) is 7.24. The summed E-state index contributed by atoms with van der Waals surface area (Å²) < 4.78 is 0. The molecule has 2 aromatic rings. The summed E-state index contributed by atoms with van der Waals surface area (Å²) in [4.78, 5) is 9.19. The average Bonchev–Trinajstić information content (AvgIpc) is 2.63. The van der Waals surface area contributed by atoms with Gasteiger partial charge in [0.05, 0.1) is 17.8 Å². The van der Waals surface area contributed by atoms with Gasteiger partial charge in [-0.25, -0.2) is 0 Å². The predicted molar refractivity (Wildman–Crippen MR) is 88.6 cm³/mol. The summed E-state index contributed by atoms with van der Waals surface area (Å²) in [5.74, 6) is 1.30. The summed E-state index contributed by atoms with van der Waals surface area (Å²) >= 11 is 0. The van der Waals surface area contributed by atoms with Crippen LogP contribution in [0.1, 0.15) is 12.5 Å². The predicted octanol–water partition coefficient (Wildman–Crippen LogP) is 1.63. The maximum Gasteiger partial charge on any atom is 0.249 e. The lowest BCUT2D eigenvalue weighted by Crippen LogP contribution is -2.46. The Bertz CT molecular complexity index is 684. The van der Waals surface area contributed by atoms with Gasteiger partial charge in [0, 0.05) is 31.9 Å². The molecule has 0 unspecified atom stereocenters. The first-order valence-corrected chi connectivity index (χ1v) is 7.72. The zero-order chi connectivity index (χ0) is 16.1. The largest absolute Gasteiger partial charge is 0.353 e. The maximum atomic E-state index is 8.82. The molecule has 1 aliphatic rings. The number of rotatable bonds is 4. The molecule has 1 saturated heterocycles. The Morgan fingerprint density at radius 1 is 1.17 bits per heavy atom. The van der Waals surface area contributed by atoms with E-state index < -0.39 is 0 Å². The first-order valence-electron chi connectivity index (χ1n) is 7.72. The number of hydrogen-bond acceptors (Lipinski definition) is 7. The fourth-order valence-electron chi connectivity index (χ4n) is 2.55. The number of anilines is 3. The van der Waals surface area contributed by atoms with Crippen LogP contribution in [0.3, 0.4) is 0 Å². The van der Waals surface area contributed by atoms with E-state index in [2.05, 4.69) is 43.3 Å². The van der Waals surface area contributed by atoms with Crippen LogP contribution < -0.4 is 10.2 Å². The van der Waals surface area contributed by atoms with Gasteiger partial charge in [-0.15, -0.1) is 5.10 Å². The number of nitriles is 1. The third-order valence-electron chi connectivity index (χ3n) is 3.96. The van der Waals surface area contributed by atoms with Gasteiger partial charge in [0.1, 0.15) is 0 Å². The quantitative estimate of drug-likeness (QED) is 0.919. The lowest BCUT2D eigenvalue weighted by molar-refractivity contribution is 0.270. The summed E-state index contributed by atoms with van der Waals surface area (Å²) in [5, 5.41) is 20.0. The van der Waals surface area contributed by atoms with E-state index >= 15 is 0 Å². The Kier molecular flexibility index (Phi) is 4.64. The van der Waals surface area contributed by atoms with Crippen LogP contribution in [-0.2, 0) is 0 Å². The smallest absolute Gasteiger partial charge is 0.249 e. The van der Waals surface area contributed by atoms with Crippen molar-refractivity contribution in [2.75, 3.05) is 42.9 Å². The number of benzene rings is 1. The van der Waals surface area contributed by atoms with E-state index in [0.717, 1.165) is 44.2 Å². The van der Waals surface area contributed by atoms with Crippen molar-refractivity contribution in [2.24, 2.45) is 0 Å². The molecule has 2 heterocycles. The number of nitrogens with one attached hydrogen (secondary N) is 1. The number of likely N-dealkylation sites (N-methyl/N-ethyl adjacent to an activating group) is 1. The summed E-state index contributed by atoms with van der Waals surface area (Å²) in [5.41, 5.74) is 1.45. The van der Waals surface area contributed by atoms with Crippen LogP contribution in [0.25, 0.3) is 0 Å². The second-order valence-electron chi connectivity index (χ2n) is 5.37. The monoisotopic (exact) mass is 309 g/mol. The van der Waals surface area contributed by atoms with Gasteiger partial charge in [-0.05, 0) is 30.8 Å². The molecule has 1 aromatic heterocycles. The fraction of sp³-hybridized carbons (Fsp3) is 0.375. The molecule has 0 bridgehead atoms. The van der Waals surface area contributed by atoms with Crippen molar-refractivity contribution in [3.8, 4) is 6.07 Å². The van der Waals surface area contributed by atoms with Crippen LogP contribution >= 0.6 is 0 Å². The van der Waals surface area contributed by atoms with Crippen molar-refractivity contribution in [1.29, 1.82) is 5.26 Å². The molecule has 0 amide bonds. The Morgan fingerprint density at radius 3 is 2.57 bits per heavy atom. The summed E-state index contributed by atoms with van der Waals surface area (Å²) in [6.07, 6.45) is 1.70. The van der Waals surface area contributed by atoms with Crippen LogP contribution in [0.15, 0.2) is 30.5 Å². The molecule has 23 heavy (non-hydrogen) atoms. The number of hydrogen-bond donors (Lipinski definition) is 1. The van der Waals surface area contributed by atoms with Crippen LogP contribution in [0.5, 0.6) is 0 Å². The zero-order valence-electron chi connectivity index (χ0n) is 13.1. The van der Waals surface area contributed by atoms with E-state index in [1.165, 1.54) is 0 Å². The Labute approximate surface area is 135 Å². The van der Waals surface area contributed by atoms with Gasteiger partial charge < -0.3 is 15.1 Å². The topological polar surface area (TPSA) is 81.0 Å². The fourth-order valence-corrected chi connectivity index (χ4v) is 2.55. The lowest BCUT2D eigenvalue weighted by Gasteiger charge is -2.34. The van der Waals surface area contributed by atoms with Gasteiger partial charge >= 0.3 is 0 Å². The number of piperazine rings is 1. The number of aromatic nitrogens is 3. The van der Waals surface area contributed by atoms with Crippen molar-refractivity contribution in [1.82, 2.24) is 20.1 Å². The standard InChI is InChI=1S/C16H19N7/c1-2-22-7-9-23(10-8-22)15-12-18-21-16(20-15)19-14-5-3-13(11-17)4-6-14/h3-6,12H,2,7-10H2,1H3,(H,19,20,21). The summed E-state index contributed by atoms with van der Waals surface area (Å²) in [7, 11) is 0. The molecule has 0 atom stereocenters. The van der Waals surface area contributed by atoms with Crippen molar-refractivity contribution in [3.05, 3.63) is 36.0 Å². The first-order chi connectivity index (χ1) is 11.3. The van der Waals surface area contributed by atoms with E-state index in [1.807, 2.05) is 12.1 Å². The molecule has 1 aromatic carbocycles. The average molecular weight is 309 g/mol. The van der Waals surface area contributed by atoms with Gasteiger partial charge in [0.2, 0.25) is 5.95 Å². The summed E-state index contributed by atoms with van der Waals surface area (Å²) in [6, 6.07) is 9.26. The lowest BCUT2D eigenvalue weighted by atomic mass is 10.2. The molecular formula is C16H19N7. The molecule has 1 fully saturated rings. The third-order valence-corrected chi connectivity index (χ3v) is 3.96. The molecule has 118 valence electrons. The van der Waals surface area contributed by atoms with Crippen molar-refractivity contribution >= 4 is 17.5 Å². The van der Waals surface area contributed by atoms with Gasteiger partial charge in [-0.1, -0.05) is 6.92 Å². The number of nitrogens with zero attached hydrogens (tertiary/aromatic N) is 6. The molecular weight excluding hydrogens is 290 g/mol. The minimum atomic E-state index is 0.463. The van der Waals surface area contributed by atoms with Crippen molar-refractivity contribution in [2.45, 2.75) is 6.92 Å². The van der Waals surface area contributed by atoms with Crippen molar-refractivity contribution in [3.63, 3.8) is 0 Å². The molecule has 0 radical (unpaired) electrons. The second kappa shape index (κ2) is 7.03. The minimum absolute atomic E-state index is 0.463. The molecule has 3 rings (SSSR count). The first kappa shape index (κ1) is 15.2. The van der Waals surface area contributed by atoms with Crippen LogP contribution in [0, 0.1) is 11.3 Å². The maximum absolute atomic E-state index is 8.82. The Morgan fingerprint density at radius 2 is 1.91 bits per heavy atom. The van der Waals surface area contributed by atoms with E-state index in [-0.39, 0.29) is 0 Å². The SMILES string of the molecule is CCN1CCN(c2cnnc(Nc3ccc(C#N)cc3)n2)CC1. The molecule has 0 aliphatic carbocycles. The second-order valence-corrected chi connectivity index (χ2v) is 5.37. The van der Waals surface area contributed by atoms with E-state index in [1.54, 1.807) is 18.3 Å². The normalized spacial score (nSPS) is 15.2. The minimum Gasteiger partial charge on any atom is -0.353 e. The highest BCUT2D eigenvalue weighted by Gasteiger charge is 2.17. The Balaban J connectivity index is 1.68. The molecule has 0 saturated carbocycles.